The maximum absolute atomic E-state index is 12.7. The number of rotatable bonds is 7. The van der Waals surface area contributed by atoms with Gasteiger partial charge in [-0.05, 0) is 50.3 Å². The Kier molecular flexibility index (Phi) is 5.81. The van der Waals surface area contributed by atoms with Crippen molar-refractivity contribution >= 4 is 5.91 Å². The van der Waals surface area contributed by atoms with Gasteiger partial charge in [0.2, 0.25) is 5.91 Å². The lowest BCUT2D eigenvalue weighted by molar-refractivity contribution is -0.134. The smallest absolute Gasteiger partial charge is 0.227 e. The van der Waals surface area contributed by atoms with Crippen molar-refractivity contribution < 1.29 is 4.79 Å². The lowest BCUT2D eigenvalue weighted by Crippen LogP contribution is -2.51. The van der Waals surface area contributed by atoms with E-state index >= 15 is 0 Å². The Hall–Kier alpha value is -2.21. The number of imidazole rings is 1. The highest BCUT2D eigenvalue weighted by atomic mass is 16.2. The number of nitrogens with one attached hydrogen (secondary N) is 2. The van der Waals surface area contributed by atoms with Crippen molar-refractivity contribution in [1.29, 1.82) is 0 Å². The third-order valence-corrected chi connectivity index (χ3v) is 5.14. The minimum Gasteiger partial charge on any atom is -0.359 e. The molecule has 1 amide bonds. The van der Waals surface area contributed by atoms with Crippen LogP contribution in [0.15, 0.2) is 36.9 Å². The van der Waals surface area contributed by atoms with Crippen LogP contribution in [0, 0.1) is 5.41 Å². The Morgan fingerprint density at radius 3 is 3.08 bits per heavy atom. The fourth-order valence-corrected chi connectivity index (χ4v) is 3.90. The van der Waals surface area contributed by atoms with Crippen molar-refractivity contribution in [2.24, 2.45) is 5.41 Å². The molecule has 6 heteroatoms. The number of H-pyrrole nitrogens is 1. The molecule has 0 aromatic carbocycles. The molecule has 1 aliphatic rings. The molecule has 2 aromatic heterocycles. The van der Waals surface area contributed by atoms with Crippen LogP contribution in [0.4, 0.5) is 0 Å². The van der Waals surface area contributed by atoms with E-state index in [9.17, 15) is 4.79 Å². The Morgan fingerprint density at radius 2 is 2.36 bits per heavy atom. The second-order valence-corrected chi connectivity index (χ2v) is 6.92. The molecule has 0 radical (unpaired) electrons. The van der Waals surface area contributed by atoms with E-state index in [0.29, 0.717) is 0 Å². The number of nitrogens with zero attached hydrogens (tertiary/aromatic N) is 3. The molecule has 6 nitrogen and oxygen atoms in total. The van der Waals surface area contributed by atoms with Crippen LogP contribution in [0.25, 0.3) is 0 Å². The molecule has 2 N–H and O–H groups in total. The van der Waals surface area contributed by atoms with Gasteiger partial charge in [-0.3, -0.25) is 14.7 Å². The summed E-state index contributed by atoms with van der Waals surface area (Å²) in [5.41, 5.74) is 0.930. The van der Waals surface area contributed by atoms with Crippen molar-refractivity contribution in [3.05, 3.63) is 48.3 Å². The number of aromatic nitrogens is 3. The third-order valence-electron chi connectivity index (χ3n) is 5.14. The van der Waals surface area contributed by atoms with E-state index in [0.717, 1.165) is 57.6 Å². The van der Waals surface area contributed by atoms with Crippen molar-refractivity contribution in [2.75, 3.05) is 20.1 Å². The van der Waals surface area contributed by atoms with Gasteiger partial charge in [-0.2, -0.15) is 0 Å². The molecule has 3 rings (SSSR count). The zero-order valence-electron chi connectivity index (χ0n) is 14.9. The average Bonchev–Trinajstić information content (AvgIpc) is 3.15. The van der Waals surface area contributed by atoms with Gasteiger partial charge in [0, 0.05) is 38.4 Å². The molecule has 134 valence electrons. The van der Waals surface area contributed by atoms with Gasteiger partial charge in [-0.25, -0.2) is 4.98 Å². The van der Waals surface area contributed by atoms with Gasteiger partial charge in [-0.15, -0.1) is 0 Å². The second kappa shape index (κ2) is 8.25. The summed E-state index contributed by atoms with van der Waals surface area (Å²) in [6, 6.07) is 4.07. The van der Waals surface area contributed by atoms with Crippen LogP contribution in [0.3, 0.4) is 0 Å². The minimum absolute atomic E-state index is 0.169. The number of aryl methyl sites for hydroxylation is 1. The Balaban J connectivity index is 1.64. The molecule has 0 spiro atoms. The summed E-state index contributed by atoms with van der Waals surface area (Å²) < 4.78 is 0. The monoisotopic (exact) mass is 341 g/mol. The zero-order valence-corrected chi connectivity index (χ0v) is 14.9. The van der Waals surface area contributed by atoms with Gasteiger partial charge in [0.1, 0.15) is 5.82 Å². The number of amides is 1. The molecular formula is C19H27N5O. The average molecular weight is 341 g/mol. The number of pyridine rings is 1. The first-order chi connectivity index (χ1) is 12.2. The fraction of sp³-hybridized carbons (Fsp3) is 0.526. The van der Waals surface area contributed by atoms with Gasteiger partial charge in [0.15, 0.2) is 0 Å². The van der Waals surface area contributed by atoms with Gasteiger partial charge in [0.25, 0.3) is 0 Å². The van der Waals surface area contributed by atoms with E-state index in [1.807, 2.05) is 18.5 Å². The Bertz CT molecular complexity index is 658. The lowest BCUT2D eigenvalue weighted by Gasteiger charge is -2.41. The molecule has 1 aliphatic heterocycles. The van der Waals surface area contributed by atoms with Crippen LogP contribution in [-0.4, -0.2) is 45.9 Å². The SMILES string of the molecule is CNC(=O)C1(CCCc2cccnc2)CCCN(Cc2ncc[nH]2)C1. The van der Waals surface area contributed by atoms with E-state index in [4.69, 9.17) is 0 Å². The predicted octanol–water partition coefficient (Wildman–Crippen LogP) is 2.16. The summed E-state index contributed by atoms with van der Waals surface area (Å²) in [6.45, 7) is 2.58. The van der Waals surface area contributed by atoms with E-state index in [2.05, 4.69) is 31.2 Å². The largest absolute Gasteiger partial charge is 0.359 e. The number of hydrogen-bond acceptors (Lipinski definition) is 4. The summed E-state index contributed by atoms with van der Waals surface area (Å²) in [7, 11) is 1.75. The lowest BCUT2D eigenvalue weighted by atomic mass is 9.74. The Morgan fingerprint density at radius 1 is 1.44 bits per heavy atom. The number of piperidine rings is 1. The summed E-state index contributed by atoms with van der Waals surface area (Å²) in [6.07, 6.45) is 12.2. The van der Waals surface area contributed by atoms with Crippen molar-refractivity contribution in [2.45, 2.75) is 38.6 Å². The van der Waals surface area contributed by atoms with Crippen LogP contribution in [-0.2, 0) is 17.8 Å². The van der Waals surface area contributed by atoms with Crippen LogP contribution in [0.2, 0.25) is 0 Å². The van der Waals surface area contributed by atoms with Gasteiger partial charge in [-0.1, -0.05) is 6.07 Å². The molecule has 1 fully saturated rings. The van der Waals surface area contributed by atoms with Gasteiger partial charge < -0.3 is 10.3 Å². The first-order valence-electron chi connectivity index (χ1n) is 9.03. The number of hydrogen-bond donors (Lipinski definition) is 2. The molecular weight excluding hydrogens is 314 g/mol. The number of carbonyl (C=O) groups is 1. The van der Waals surface area contributed by atoms with E-state index in [-0.39, 0.29) is 11.3 Å². The number of carbonyl (C=O) groups excluding carboxylic acids is 1. The third kappa shape index (κ3) is 4.45. The molecule has 1 unspecified atom stereocenters. The minimum atomic E-state index is -0.304. The molecule has 25 heavy (non-hydrogen) atoms. The van der Waals surface area contributed by atoms with Crippen LogP contribution >= 0.6 is 0 Å². The highest BCUT2D eigenvalue weighted by Gasteiger charge is 2.41. The maximum Gasteiger partial charge on any atom is 0.227 e. The summed E-state index contributed by atoms with van der Waals surface area (Å²) in [4.78, 5) is 26.7. The second-order valence-electron chi connectivity index (χ2n) is 6.92. The molecule has 1 atom stereocenters. The van der Waals surface area contributed by atoms with Crippen molar-refractivity contribution in [3.8, 4) is 0 Å². The van der Waals surface area contributed by atoms with E-state index < -0.39 is 0 Å². The Labute approximate surface area is 149 Å². The molecule has 2 aromatic rings. The number of aromatic amines is 1. The fourth-order valence-electron chi connectivity index (χ4n) is 3.90. The predicted molar refractivity (Wildman–Crippen MR) is 96.8 cm³/mol. The van der Waals surface area contributed by atoms with Gasteiger partial charge >= 0.3 is 0 Å². The normalized spacial score (nSPS) is 21.2. The molecule has 0 saturated carbocycles. The molecule has 3 heterocycles. The quantitative estimate of drug-likeness (QED) is 0.809. The van der Waals surface area contributed by atoms with E-state index in [1.54, 1.807) is 19.4 Å². The highest BCUT2D eigenvalue weighted by molar-refractivity contribution is 5.82. The molecule has 0 aliphatic carbocycles. The summed E-state index contributed by atoms with van der Waals surface area (Å²) in [5.74, 6) is 1.13. The summed E-state index contributed by atoms with van der Waals surface area (Å²) >= 11 is 0. The standard InChI is InChI=1S/C19H27N5O/c1-20-18(25)19(7-2-5-16-6-3-9-21-13-16)8-4-12-24(15-19)14-17-22-10-11-23-17/h3,6,9-11,13H,2,4-5,7-8,12,14-15H2,1H3,(H,20,25)(H,22,23). The van der Waals surface area contributed by atoms with Crippen LogP contribution in [0.5, 0.6) is 0 Å². The van der Waals surface area contributed by atoms with Crippen molar-refractivity contribution in [3.63, 3.8) is 0 Å². The first-order valence-corrected chi connectivity index (χ1v) is 9.03. The van der Waals surface area contributed by atoms with Crippen molar-refractivity contribution in [1.82, 2.24) is 25.2 Å². The summed E-state index contributed by atoms with van der Waals surface area (Å²) in [5, 5.41) is 2.90. The van der Waals surface area contributed by atoms with Crippen LogP contribution < -0.4 is 5.32 Å². The van der Waals surface area contributed by atoms with Crippen LogP contribution in [0.1, 0.15) is 37.1 Å². The zero-order chi connectivity index (χ0) is 17.5. The number of likely N-dealkylation sites (tertiary alicyclic amines) is 1. The maximum atomic E-state index is 12.7. The molecule has 0 bridgehead atoms. The van der Waals surface area contributed by atoms with Gasteiger partial charge in [0.05, 0.1) is 12.0 Å². The molecule has 1 saturated heterocycles. The highest BCUT2D eigenvalue weighted by Crippen LogP contribution is 2.36. The first kappa shape index (κ1) is 17.6. The topological polar surface area (TPSA) is 73.9 Å². The van der Waals surface area contributed by atoms with E-state index in [1.165, 1.54) is 5.56 Å².